The van der Waals surface area contributed by atoms with Crippen LogP contribution in [0.5, 0.6) is 5.75 Å². The standard InChI is InChI=1S/C20H20N2O5/c1-12-17(9-14-6-7-15(25-3)10-18(14)22-12)20(24)27-13(2)19(23)21-11-16-5-4-8-26-16/h4-10,13H,11H2,1-3H3,(H,21,23)/t13-/m1/s1. The molecule has 7 nitrogen and oxygen atoms in total. The molecule has 0 unspecified atom stereocenters. The SMILES string of the molecule is COc1ccc2cc(C(=O)O[C@H](C)C(=O)NCc3ccco3)c(C)nc2c1. The topological polar surface area (TPSA) is 90.7 Å². The second-order valence-electron chi connectivity index (χ2n) is 6.02. The summed E-state index contributed by atoms with van der Waals surface area (Å²) in [6.07, 6.45) is 0.578. The number of rotatable bonds is 6. The molecule has 0 bridgehead atoms. The van der Waals surface area contributed by atoms with Crippen molar-refractivity contribution in [1.29, 1.82) is 0 Å². The van der Waals surface area contributed by atoms with Crippen LogP contribution in [0.2, 0.25) is 0 Å². The molecule has 0 aliphatic carbocycles. The van der Waals surface area contributed by atoms with Gasteiger partial charge in [0, 0.05) is 11.5 Å². The van der Waals surface area contributed by atoms with E-state index in [2.05, 4.69) is 10.3 Å². The number of hydrogen-bond donors (Lipinski definition) is 1. The summed E-state index contributed by atoms with van der Waals surface area (Å²) in [5, 5.41) is 3.44. The molecule has 3 aromatic rings. The summed E-state index contributed by atoms with van der Waals surface area (Å²) < 4.78 is 15.6. The van der Waals surface area contributed by atoms with Gasteiger partial charge in [0.15, 0.2) is 6.10 Å². The van der Waals surface area contributed by atoms with Crippen molar-refractivity contribution in [3.63, 3.8) is 0 Å². The van der Waals surface area contributed by atoms with Crippen LogP contribution in [0.3, 0.4) is 0 Å². The van der Waals surface area contributed by atoms with Gasteiger partial charge in [-0.3, -0.25) is 9.78 Å². The number of pyridine rings is 1. The van der Waals surface area contributed by atoms with E-state index in [1.54, 1.807) is 44.4 Å². The van der Waals surface area contributed by atoms with Gasteiger partial charge in [-0.1, -0.05) is 0 Å². The molecule has 1 amide bonds. The summed E-state index contributed by atoms with van der Waals surface area (Å²) in [6, 6.07) is 10.6. The molecule has 0 fully saturated rings. The van der Waals surface area contributed by atoms with Gasteiger partial charge in [-0.05, 0) is 44.2 Å². The maximum Gasteiger partial charge on any atom is 0.340 e. The Labute approximate surface area is 156 Å². The zero-order valence-corrected chi connectivity index (χ0v) is 15.3. The summed E-state index contributed by atoms with van der Waals surface area (Å²) >= 11 is 0. The molecule has 0 spiro atoms. The number of aryl methyl sites for hydroxylation is 1. The lowest BCUT2D eigenvalue weighted by molar-refractivity contribution is -0.129. The van der Waals surface area contributed by atoms with Gasteiger partial charge in [0.25, 0.3) is 5.91 Å². The number of carbonyl (C=O) groups excluding carboxylic acids is 2. The highest BCUT2D eigenvalue weighted by Crippen LogP contribution is 2.22. The van der Waals surface area contributed by atoms with Gasteiger partial charge in [0.1, 0.15) is 11.5 Å². The highest BCUT2D eigenvalue weighted by atomic mass is 16.5. The fourth-order valence-electron chi connectivity index (χ4n) is 2.59. The molecule has 0 aliphatic heterocycles. The van der Waals surface area contributed by atoms with Gasteiger partial charge in [-0.15, -0.1) is 0 Å². The first-order valence-corrected chi connectivity index (χ1v) is 8.44. The van der Waals surface area contributed by atoms with Gasteiger partial charge in [-0.25, -0.2) is 4.79 Å². The monoisotopic (exact) mass is 368 g/mol. The van der Waals surface area contributed by atoms with E-state index < -0.39 is 18.0 Å². The number of carbonyl (C=O) groups is 2. The summed E-state index contributed by atoms with van der Waals surface area (Å²) in [6.45, 7) is 3.47. The lowest BCUT2D eigenvalue weighted by Gasteiger charge is -2.14. The number of benzene rings is 1. The van der Waals surface area contributed by atoms with E-state index >= 15 is 0 Å². The molecule has 1 atom stereocenters. The van der Waals surface area contributed by atoms with Crippen molar-refractivity contribution in [2.24, 2.45) is 0 Å². The number of nitrogens with zero attached hydrogens (tertiary/aromatic N) is 1. The number of esters is 1. The third-order valence-electron chi connectivity index (χ3n) is 4.11. The first kappa shape index (κ1) is 18.4. The van der Waals surface area contributed by atoms with Crippen molar-refractivity contribution >= 4 is 22.8 Å². The molecule has 0 saturated heterocycles. The van der Waals surface area contributed by atoms with Crippen LogP contribution < -0.4 is 10.1 Å². The van der Waals surface area contributed by atoms with E-state index in [4.69, 9.17) is 13.9 Å². The normalized spacial score (nSPS) is 11.8. The second-order valence-corrected chi connectivity index (χ2v) is 6.02. The van der Waals surface area contributed by atoms with Gasteiger partial charge in [0.05, 0.1) is 36.7 Å². The van der Waals surface area contributed by atoms with Crippen molar-refractivity contribution in [2.75, 3.05) is 7.11 Å². The zero-order chi connectivity index (χ0) is 19.4. The average Bonchev–Trinajstić information content (AvgIpc) is 3.18. The fraction of sp³-hybridized carbons (Fsp3) is 0.250. The number of fused-ring (bicyclic) bond motifs is 1. The molecule has 27 heavy (non-hydrogen) atoms. The summed E-state index contributed by atoms with van der Waals surface area (Å²) in [5.41, 5.74) is 1.55. The number of furan rings is 1. The van der Waals surface area contributed by atoms with Gasteiger partial charge < -0.3 is 19.2 Å². The van der Waals surface area contributed by atoms with Crippen LogP contribution >= 0.6 is 0 Å². The molecular formula is C20H20N2O5. The second kappa shape index (κ2) is 7.90. The van der Waals surface area contributed by atoms with Gasteiger partial charge in [0.2, 0.25) is 0 Å². The van der Waals surface area contributed by atoms with Crippen LogP contribution in [-0.2, 0) is 16.1 Å². The molecule has 0 saturated carbocycles. The number of amides is 1. The van der Waals surface area contributed by atoms with Crippen molar-refractivity contribution in [2.45, 2.75) is 26.5 Å². The van der Waals surface area contributed by atoms with Crippen LogP contribution in [0.4, 0.5) is 0 Å². The summed E-state index contributed by atoms with van der Waals surface area (Å²) in [7, 11) is 1.58. The number of hydrogen-bond acceptors (Lipinski definition) is 6. The lowest BCUT2D eigenvalue weighted by atomic mass is 10.1. The van der Waals surface area contributed by atoms with Crippen LogP contribution in [-0.4, -0.2) is 30.1 Å². The van der Waals surface area contributed by atoms with Crippen LogP contribution in [0.25, 0.3) is 10.9 Å². The lowest BCUT2D eigenvalue weighted by Crippen LogP contribution is -2.35. The quantitative estimate of drug-likeness (QED) is 0.673. The predicted octanol–water partition coefficient (Wildman–Crippen LogP) is 3.01. The van der Waals surface area contributed by atoms with E-state index in [1.807, 2.05) is 6.07 Å². The largest absolute Gasteiger partial charge is 0.497 e. The number of ether oxygens (including phenoxy) is 2. The molecule has 2 heterocycles. The van der Waals surface area contributed by atoms with Crippen molar-refractivity contribution in [3.05, 3.63) is 59.7 Å². The minimum atomic E-state index is -0.946. The van der Waals surface area contributed by atoms with Crippen molar-refractivity contribution in [3.8, 4) is 5.75 Å². The molecule has 2 aromatic heterocycles. The fourth-order valence-corrected chi connectivity index (χ4v) is 2.59. The number of methoxy groups -OCH3 is 1. The Morgan fingerprint density at radius 2 is 2.07 bits per heavy atom. The average molecular weight is 368 g/mol. The highest BCUT2D eigenvalue weighted by Gasteiger charge is 2.21. The zero-order valence-electron chi connectivity index (χ0n) is 15.3. The molecule has 0 aliphatic rings. The Bertz CT molecular complexity index is 966. The smallest absolute Gasteiger partial charge is 0.340 e. The van der Waals surface area contributed by atoms with Crippen LogP contribution in [0, 0.1) is 6.92 Å². The molecule has 1 aromatic carbocycles. The van der Waals surface area contributed by atoms with E-state index in [0.717, 1.165) is 5.39 Å². The maximum absolute atomic E-state index is 12.5. The van der Waals surface area contributed by atoms with E-state index in [0.29, 0.717) is 28.3 Å². The number of aromatic nitrogens is 1. The van der Waals surface area contributed by atoms with E-state index in [9.17, 15) is 9.59 Å². The summed E-state index contributed by atoms with van der Waals surface area (Å²) in [5.74, 6) is 0.299. The minimum Gasteiger partial charge on any atom is -0.497 e. The minimum absolute atomic E-state index is 0.228. The Balaban J connectivity index is 1.69. The van der Waals surface area contributed by atoms with E-state index in [1.165, 1.54) is 13.2 Å². The Hall–Kier alpha value is -3.35. The van der Waals surface area contributed by atoms with E-state index in [-0.39, 0.29) is 6.54 Å². The van der Waals surface area contributed by atoms with Crippen molar-refractivity contribution in [1.82, 2.24) is 10.3 Å². The molecule has 7 heteroatoms. The first-order chi connectivity index (χ1) is 13.0. The molecule has 1 N–H and O–H groups in total. The first-order valence-electron chi connectivity index (χ1n) is 8.44. The number of nitrogens with one attached hydrogen (secondary N) is 1. The van der Waals surface area contributed by atoms with Crippen LogP contribution in [0.1, 0.15) is 28.7 Å². The van der Waals surface area contributed by atoms with Gasteiger partial charge >= 0.3 is 5.97 Å². The molecule has 3 rings (SSSR count). The Morgan fingerprint density at radius 1 is 1.26 bits per heavy atom. The molecular weight excluding hydrogens is 348 g/mol. The third-order valence-corrected chi connectivity index (χ3v) is 4.11. The molecule has 0 radical (unpaired) electrons. The predicted molar refractivity (Wildman–Crippen MR) is 98.5 cm³/mol. The summed E-state index contributed by atoms with van der Waals surface area (Å²) in [4.78, 5) is 29.0. The van der Waals surface area contributed by atoms with Gasteiger partial charge in [-0.2, -0.15) is 0 Å². The van der Waals surface area contributed by atoms with Crippen LogP contribution in [0.15, 0.2) is 47.1 Å². The highest BCUT2D eigenvalue weighted by molar-refractivity contribution is 5.96. The third kappa shape index (κ3) is 4.25. The Morgan fingerprint density at radius 3 is 2.78 bits per heavy atom. The van der Waals surface area contributed by atoms with Crippen molar-refractivity contribution < 1.29 is 23.5 Å². The molecule has 140 valence electrons. The Kier molecular flexibility index (Phi) is 5.40. The maximum atomic E-state index is 12.5.